The summed E-state index contributed by atoms with van der Waals surface area (Å²) in [4.78, 5) is 0. The van der Waals surface area contributed by atoms with E-state index in [0.717, 1.165) is 25.0 Å². The third kappa shape index (κ3) is 2.27. The van der Waals surface area contributed by atoms with E-state index >= 15 is 0 Å². The average Bonchev–Trinajstić information content (AvgIpc) is 2.77. The highest BCUT2D eigenvalue weighted by Gasteiger charge is 2.33. The second-order valence-electron chi connectivity index (χ2n) is 5.98. The molecule has 1 aromatic heterocycles. The number of aryl methyl sites for hydroxylation is 1. The normalized spacial score (nSPS) is 18.8. The van der Waals surface area contributed by atoms with E-state index in [1.165, 1.54) is 30.2 Å². The van der Waals surface area contributed by atoms with Crippen molar-refractivity contribution in [3.05, 3.63) is 30.0 Å². The lowest BCUT2D eigenvalue weighted by molar-refractivity contribution is 0.0815. The summed E-state index contributed by atoms with van der Waals surface area (Å²) in [5.41, 5.74) is 2.39. The van der Waals surface area contributed by atoms with Gasteiger partial charge in [0.1, 0.15) is 0 Å². The van der Waals surface area contributed by atoms with E-state index < -0.39 is 0 Å². The summed E-state index contributed by atoms with van der Waals surface area (Å²) in [6.07, 6.45) is 6.97. The van der Waals surface area contributed by atoms with Crippen LogP contribution in [0.25, 0.3) is 10.9 Å². The Morgan fingerprint density at radius 1 is 1.21 bits per heavy atom. The maximum atomic E-state index is 9.85. The zero-order chi connectivity index (χ0) is 13.3. The molecule has 0 bridgehead atoms. The molecular formula is C16H22N2O. The molecule has 3 heteroatoms. The minimum atomic E-state index is 0.0649. The fraction of sp³-hybridized carbons (Fsp3) is 0.562. The van der Waals surface area contributed by atoms with Crippen LogP contribution in [0, 0.1) is 5.41 Å². The molecule has 1 aliphatic carbocycles. The molecule has 3 nitrogen and oxygen atoms in total. The number of rotatable bonds is 3. The van der Waals surface area contributed by atoms with Crippen LogP contribution in [0.3, 0.4) is 0 Å². The number of para-hydroxylation sites is 1. The van der Waals surface area contributed by atoms with Gasteiger partial charge in [0, 0.05) is 19.0 Å². The highest BCUT2D eigenvalue weighted by Crippen LogP contribution is 2.39. The minimum Gasteiger partial charge on any atom is -0.396 e. The van der Waals surface area contributed by atoms with Gasteiger partial charge in [-0.2, -0.15) is 5.10 Å². The number of aliphatic hydroxyl groups excluding tert-OH is 1. The van der Waals surface area contributed by atoms with E-state index in [1.54, 1.807) is 0 Å². The third-order valence-electron chi connectivity index (χ3n) is 4.63. The highest BCUT2D eigenvalue weighted by molar-refractivity contribution is 5.81. The van der Waals surface area contributed by atoms with Gasteiger partial charge in [0.2, 0.25) is 0 Å². The van der Waals surface area contributed by atoms with Gasteiger partial charge in [-0.05, 0) is 30.7 Å². The second-order valence-corrected chi connectivity index (χ2v) is 5.98. The predicted molar refractivity (Wildman–Crippen MR) is 77.0 cm³/mol. The van der Waals surface area contributed by atoms with Gasteiger partial charge in [0.25, 0.3) is 0 Å². The molecule has 0 radical (unpaired) electrons. The zero-order valence-electron chi connectivity index (χ0n) is 11.6. The summed E-state index contributed by atoms with van der Waals surface area (Å²) < 4.78 is 1.96. The molecule has 1 aliphatic rings. The standard InChI is InChI=1S/C16H22N2O/c1-18-15-8-4-3-7-13(15)14(17-18)11-16(12-19)9-5-2-6-10-16/h3-4,7-8,19H,2,5-6,9-12H2,1H3. The Morgan fingerprint density at radius 2 is 1.95 bits per heavy atom. The molecule has 19 heavy (non-hydrogen) atoms. The van der Waals surface area contributed by atoms with E-state index in [0.29, 0.717) is 0 Å². The van der Waals surface area contributed by atoms with Crippen molar-refractivity contribution < 1.29 is 5.11 Å². The zero-order valence-corrected chi connectivity index (χ0v) is 11.6. The molecule has 3 rings (SSSR count). The Kier molecular flexibility index (Phi) is 3.31. The molecule has 2 aromatic rings. The van der Waals surface area contributed by atoms with Crippen LogP contribution < -0.4 is 0 Å². The van der Waals surface area contributed by atoms with Gasteiger partial charge in [-0.25, -0.2) is 0 Å². The number of fused-ring (bicyclic) bond motifs is 1. The number of hydrogen-bond donors (Lipinski definition) is 1. The second kappa shape index (κ2) is 4.97. The van der Waals surface area contributed by atoms with Gasteiger partial charge in [-0.1, -0.05) is 37.5 Å². The van der Waals surface area contributed by atoms with Crippen molar-refractivity contribution in [1.29, 1.82) is 0 Å². The molecule has 1 fully saturated rings. The van der Waals surface area contributed by atoms with Crippen LogP contribution in [-0.2, 0) is 13.5 Å². The number of aromatic nitrogens is 2. The van der Waals surface area contributed by atoms with E-state index in [-0.39, 0.29) is 12.0 Å². The lowest BCUT2D eigenvalue weighted by Gasteiger charge is -2.35. The first kappa shape index (κ1) is 12.7. The third-order valence-corrected chi connectivity index (χ3v) is 4.63. The Hall–Kier alpha value is -1.35. The highest BCUT2D eigenvalue weighted by atomic mass is 16.3. The Balaban J connectivity index is 1.96. The van der Waals surface area contributed by atoms with E-state index in [9.17, 15) is 5.11 Å². The van der Waals surface area contributed by atoms with Crippen molar-refractivity contribution in [2.45, 2.75) is 38.5 Å². The molecule has 0 unspecified atom stereocenters. The quantitative estimate of drug-likeness (QED) is 0.919. The van der Waals surface area contributed by atoms with Crippen molar-refractivity contribution in [3.8, 4) is 0 Å². The molecular weight excluding hydrogens is 236 g/mol. The Morgan fingerprint density at radius 3 is 2.68 bits per heavy atom. The molecule has 102 valence electrons. The van der Waals surface area contributed by atoms with Crippen molar-refractivity contribution in [2.75, 3.05) is 6.61 Å². The Labute approximate surface area is 114 Å². The molecule has 0 saturated heterocycles. The van der Waals surface area contributed by atoms with Crippen LogP contribution in [0.1, 0.15) is 37.8 Å². The largest absolute Gasteiger partial charge is 0.396 e. The van der Waals surface area contributed by atoms with Crippen molar-refractivity contribution in [2.24, 2.45) is 12.5 Å². The Bertz CT molecular complexity index is 567. The summed E-state index contributed by atoms with van der Waals surface area (Å²) in [6.45, 7) is 0.290. The van der Waals surface area contributed by atoms with Crippen LogP contribution in [0.5, 0.6) is 0 Å². The number of benzene rings is 1. The first-order valence-electron chi connectivity index (χ1n) is 7.26. The summed E-state index contributed by atoms with van der Waals surface area (Å²) >= 11 is 0. The van der Waals surface area contributed by atoms with Crippen LogP contribution in [0.4, 0.5) is 0 Å². The SMILES string of the molecule is Cn1nc(CC2(CO)CCCCC2)c2ccccc21. The van der Waals surface area contributed by atoms with Gasteiger partial charge in [0.05, 0.1) is 11.2 Å². The van der Waals surface area contributed by atoms with E-state index in [2.05, 4.69) is 29.4 Å². The number of nitrogens with zero attached hydrogens (tertiary/aromatic N) is 2. The van der Waals surface area contributed by atoms with Crippen molar-refractivity contribution in [3.63, 3.8) is 0 Å². The maximum Gasteiger partial charge on any atom is 0.0709 e. The summed E-state index contributed by atoms with van der Waals surface area (Å²) in [5.74, 6) is 0. The topological polar surface area (TPSA) is 38.0 Å². The van der Waals surface area contributed by atoms with Crippen LogP contribution >= 0.6 is 0 Å². The fourth-order valence-electron chi connectivity index (χ4n) is 3.47. The maximum absolute atomic E-state index is 9.85. The van der Waals surface area contributed by atoms with E-state index in [1.807, 2.05) is 11.7 Å². The molecule has 1 aromatic carbocycles. The number of hydrogen-bond acceptors (Lipinski definition) is 2. The lowest BCUT2D eigenvalue weighted by atomic mass is 9.71. The summed E-state index contributed by atoms with van der Waals surface area (Å²) in [7, 11) is 2.00. The van der Waals surface area contributed by atoms with Gasteiger partial charge in [-0.3, -0.25) is 4.68 Å². The first-order valence-corrected chi connectivity index (χ1v) is 7.26. The molecule has 1 heterocycles. The van der Waals surface area contributed by atoms with Crippen LogP contribution in [-0.4, -0.2) is 21.5 Å². The average molecular weight is 258 g/mol. The smallest absolute Gasteiger partial charge is 0.0709 e. The summed E-state index contributed by atoms with van der Waals surface area (Å²) in [5, 5.41) is 15.8. The minimum absolute atomic E-state index is 0.0649. The molecule has 1 saturated carbocycles. The summed E-state index contributed by atoms with van der Waals surface area (Å²) in [6, 6.07) is 8.38. The first-order chi connectivity index (χ1) is 9.24. The van der Waals surface area contributed by atoms with Crippen LogP contribution in [0.15, 0.2) is 24.3 Å². The van der Waals surface area contributed by atoms with Gasteiger partial charge in [-0.15, -0.1) is 0 Å². The van der Waals surface area contributed by atoms with Gasteiger partial charge < -0.3 is 5.11 Å². The predicted octanol–water partition coefficient (Wildman–Crippen LogP) is 3.06. The fourth-order valence-corrected chi connectivity index (χ4v) is 3.47. The van der Waals surface area contributed by atoms with E-state index in [4.69, 9.17) is 0 Å². The van der Waals surface area contributed by atoms with Crippen LogP contribution in [0.2, 0.25) is 0 Å². The monoisotopic (exact) mass is 258 g/mol. The molecule has 0 aliphatic heterocycles. The molecule has 0 atom stereocenters. The van der Waals surface area contributed by atoms with Gasteiger partial charge in [0.15, 0.2) is 0 Å². The van der Waals surface area contributed by atoms with Crippen molar-refractivity contribution in [1.82, 2.24) is 9.78 Å². The van der Waals surface area contributed by atoms with Gasteiger partial charge >= 0.3 is 0 Å². The molecule has 1 N–H and O–H groups in total. The molecule has 0 amide bonds. The lowest BCUT2D eigenvalue weighted by Crippen LogP contribution is -2.31. The number of aliphatic hydroxyl groups is 1. The molecule has 0 spiro atoms. The van der Waals surface area contributed by atoms with Crippen molar-refractivity contribution >= 4 is 10.9 Å².